The smallest absolute Gasteiger partial charge is 0.257 e. The molecule has 0 unspecified atom stereocenters. The summed E-state index contributed by atoms with van der Waals surface area (Å²) in [5.74, 6) is 0.0279. The molecule has 0 spiro atoms. The Morgan fingerprint density at radius 3 is 2.44 bits per heavy atom. The van der Waals surface area contributed by atoms with Gasteiger partial charge in [-0.05, 0) is 68.8 Å². The van der Waals surface area contributed by atoms with Crippen LogP contribution in [0, 0.1) is 5.82 Å². The van der Waals surface area contributed by atoms with Crippen molar-refractivity contribution in [2.24, 2.45) is 0 Å². The largest absolute Gasteiger partial charge is 0.379 e. The molecule has 2 aromatic carbocycles. The van der Waals surface area contributed by atoms with Crippen molar-refractivity contribution in [2.45, 2.75) is 32.8 Å². The van der Waals surface area contributed by atoms with E-state index in [0.717, 1.165) is 6.42 Å². The van der Waals surface area contributed by atoms with Crippen LogP contribution in [0.5, 0.6) is 0 Å². The summed E-state index contributed by atoms with van der Waals surface area (Å²) in [7, 11) is 1.66. The number of ether oxygens (including phenoxy) is 1. The minimum absolute atomic E-state index is 0.156. The average Bonchev–Trinajstić information content (AvgIpc) is 3.31. The van der Waals surface area contributed by atoms with Crippen molar-refractivity contribution in [3.8, 4) is 11.5 Å². The molecule has 180 valence electrons. The lowest BCUT2D eigenvalue weighted by Gasteiger charge is -2.16. The van der Waals surface area contributed by atoms with Crippen molar-refractivity contribution in [3.05, 3.63) is 71.3 Å². The molecule has 3 aromatic rings. The second-order valence-corrected chi connectivity index (χ2v) is 8.11. The molecule has 1 aromatic heterocycles. The van der Waals surface area contributed by atoms with Crippen molar-refractivity contribution in [1.82, 2.24) is 20.4 Å². The summed E-state index contributed by atoms with van der Waals surface area (Å²) in [5, 5.41) is 6.84. The number of halogens is 1. The van der Waals surface area contributed by atoms with Crippen molar-refractivity contribution in [3.63, 3.8) is 0 Å². The number of carbonyl (C=O) groups excluding carboxylic acids is 2. The Labute approximate surface area is 198 Å². The second kappa shape index (κ2) is 12.0. The van der Waals surface area contributed by atoms with Gasteiger partial charge in [0.2, 0.25) is 0 Å². The molecular weight excluding hydrogens is 439 g/mol. The van der Waals surface area contributed by atoms with E-state index < -0.39 is 0 Å². The van der Waals surface area contributed by atoms with E-state index in [9.17, 15) is 14.0 Å². The van der Waals surface area contributed by atoms with Gasteiger partial charge in [0.05, 0.1) is 6.10 Å². The highest BCUT2D eigenvalue weighted by Gasteiger charge is 2.15. The molecule has 9 heteroatoms. The van der Waals surface area contributed by atoms with Crippen LogP contribution in [0.1, 0.15) is 46.8 Å². The molecule has 2 amide bonds. The molecule has 0 saturated carbocycles. The molecular formula is C25H29FN4O4. The average molecular weight is 469 g/mol. The number of nitrogens with zero attached hydrogens (tertiary/aromatic N) is 3. The van der Waals surface area contributed by atoms with Crippen LogP contribution in [0.4, 0.5) is 4.39 Å². The lowest BCUT2D eigenvalue weighted by Crippen LogP contribution is -2.29. The van der Waals surface area contributed by atoms with E-state index in [-0.39, 0.29) is 23.7 Å². The fraction of sp³-hybridized carbons (Fsp3) is 0.360. The lowest BCUT2D eigenvalue weighted by molar-refractivity contribution is 0.0756. The van der Waals surface area contributed by atoms with Crippen LogP contribution in [-0.4, -0.2) is 59.7 Å². The van der Waals surface area contributed by atoms with E-state index in [4.69, 9.17) is 9.26 Å². The third-order valence-electron chi connectivity index (χ3n) is 5.03. The van der Waals surface area contributed by atoms with E-state index >= 15 is 0 Å². The minimum atomic E-state index is -0.389. The standard InChI is InChI=1S/C25H29FN4O4/c1-17(2)33-16-4-14-27-23(31)18-5-7-19(8-6-18)24-28-22(29-34-24)13-15-30(3)25(32)20-9-11-21(26)12-10-20/h5-12,17H,4,13-16H2,1-3H3,(H,27,31). The molecule has 0 atom stereocenters. The maximum Gasteiger partial charge on any atom is 0.257 e. The molecule has 0 aliphatic rings. The maximum atomic E-state index is 13.0. The zero-order valence-corrected chi connectivity index (χ0v) is 19.6. The molecule has 0 aliphatic carbocycles. The molecule has 8 nitrogen and oxygen atoms in total. The first-order valence-electron chi connectivity index (χ1n) is 11.2. The van der Waals surface area contributed by atoms with Crippen molar-refractivity contribution >= 4 is 11.8 Å². The predicted octanol–water partition coefficient (Wildman–Crippen LogP) is 3.74. The highest BCUT2D eigenvalue weighted by molar-refractivity contribution is 5.94. The first-order valence-corrected chi connectivity index (χ1v) is 11.2. The van der Waals surface area contributed by atoms with E-state index in [0.29, 0.717) is 54.5 Å². The molecule has 1 heterocycles. The number of likely N-dealkylation sites (N-methyl/N-ethyl adjacent to an activating group) is 1. The first-order chi connectivity index (χ1) is 16.3. The molecule has 34 heavy (non-hydrogen) atoms. The van der Waals surface area contributed by atoms with Gasteiger partial charge in [-0.3, -0.25) is 9.59 Å². The van der Waals surface area contributed by atoms with Crippen LogP contribution in [0.15, 0.2) is 53.1 Å². The Morgan fingerprint density at radius 1 is 1.09 bits per heavy atom. The number of hydrogen-bond acceptors (Lipinski definition) is 6. The van der Waals surface area contributed by atoms with E-state index in [1.54, 1.807) is 31.3 Å². The van der Waals surface area contributed by atoms with Crippen molar-refractivity contribution in [1.29, 1.82) is 0 Å². The molecule has 0 fully saturated rings. The van der Waals surface area contributed by atoms with Gasteiger partial charge in [0.15, 0.2) is 5.82 Å². The number of carbonyl (C=O) groups is 2. The Bertz CT molecular complexity index is 1080. The third kappa shape index (κ3) is 7.21. The summed E-state index contributed by atoms with van der Waals surface area (Å²) < 4.78 is 23.8. The van der Waals surface area contributed by atoms with Crippen molar-refractivity contribution < 1.29 is 23.2 Å². The van der Waals surface area contributed by atoms with Gasteiger partial charge < -0.3 is 19.5 Å². The van der Waals surface area contributed by atoms with Crippen LogP contribution in [0.2, 0.25) is 0 Å². The van der Waals surface area contributed by atoms with Crippen LogP contribution >= 0.6 is 0 Å². The quantitative estimate of drug-likeness (QED) is 0.431. The predicted molar refractivity (Wildman–Crippen MR) is 125 cm³/mol. The number of rotatable bonds is 11. The normalized spacial score (nSPS) is 11.0. The minimum Gasteiger partial charge on any atom is -0.379 e. The molecule has 0 bridgehead atoms. The van der Waals surface area contributed by atoms with Gasteiger partial charge >= 0.3 is 0 Å². The van der Waals surface area contributed by atoms with Gasteiger partial charge in [0.25, 0.3) is 17.7 Å². The van der Waals surface area contributed by atoms with Gasteiger partial charge in [0.1, 0.15) is 5.82 Å². The SMILES string of the molecule is CC(C)OCCCNC(=O)c1ccc(-c2nc(CCN(C)C(=O)c3ccc(F)cc3)no2)cc1. The van der Waals surface area contributed by atoms with Gasteiger partial charge in [-0.2, -0.15) is 4.98 Å². The number of nitrogens with one attached hydrogen (secondary N) is 1. The third-order valence-corrected chi connectivity index (χ3v) is 5.03. The molecule has 0 aliphatic heterocycles. The highest BCUT2D eigenvalue weighted by Crippen LogP contribution is 2.18. The van der Waals surface area contributed by atoms with E-state index in [1.165, 1.54) is 29.2 Å². The zero-order chi connectivity index (χ0) is 24.5. The summed E-state index contributed by atoms with van der Waals surface area (Å²) in [4.78, 5) is 30.6. The Morgan fingerprint density at radius 2 is 1.76 bits per heavy atom. The van der Waals surface area contributed by atoms with Crippen LogP contribution in [-0.2, 0) is 11.2 Å². The summed E-state index contributed by atoms with van der Waals surface area (Å²) in [6.45, 7) is 5.46. The molecule has 1 N–H and O–H groups in total. The van der Waals surface area contributed by atoms with E-state index in [2.05, 4.69) is 15.5 Å². The molecule has 0 radical (unpaired) electrons. The highest BCUT2D eigenvalue weighted by atomic mass is 19.1. The van der Waals surface area contributed by atoms with E-state index in [1.807, 2.05) is 13.8 Å². The molecule has 3 rings (SSSR count). The van der Waals surface area contributed by atoms with Crippen LogP contribution in [0.25, 0.3) is 11.5 Å². The fourth-order valence-electron chi connectivity index (χ4n) is 3.11. The fourth-order valence-corrected chi connectivity index (χ4v) is 3.11. The zero-order valence-electron chi connectivity index (χ0n) is 19.6. The topological polar surface area (TPSA) is 97.6 Å². The summed E-state index contributed by atoms with van der Waals surface area (Å²) in [5.41, 5.74) is 1.64. The van der Waals surface area contributed by atoms with Crippen LogP contribution < -0.4 is 5.32 Å². The van der Waals surface area contributed by atoms with Crippen LogP contribution in [0.3, 0.4) is 0 Å². The Balaban J connectivity index is 1.49. The molecule has 0 saturated heterocycles. The number of benzene rings is 2. The van der Waals surface area contributed by atoms with Gasteiger partial charge in [-0.25, -0.2) is 4.39 Å². The number of amides is 2. The maximum absolute atomic E-state index is 13.0. The van der Waals surface area contributed by atoms with Gasteiger partial charge in [-0.15, -0.1) is 0 Å². The monoisotopic (exact) mass is 468 g/mol. The number of aromatic nitrogens is 2. The Kier molecular flexibility index (Phi) is 8.86. The second-order valence-electron chi connectivity index (χ2n) is 8.11. The summed E-state index contributed by atoms with van der Waals surface area (Å²) in [6.07, 6.45) is 1.32. The van der Waals surface area contributed by atoms with Crippen molar-refractivity contribution in [2.75, 3.05) is 26.7 Å². The Hall–Kier alpha value is -3.59. The number of hydrogen-bond donors (Lipinski definition) is 1. The van der Waals surface area contributed by atoms with Gasteiger partial charge in [0, 0.05) is 49.9 Å². The summed E-state index contributed by atoms with van der Waals surface area (Å²) >= 11 is 0. The lowest BCUT2D eigenvalue weighted by atomic mass is 10.1. The first kappa shape index (κ1) is 25.0. The summed E-state index contributed by atoms with van der Waals surface area (Å²) in [6, 6.07) is 12.3. The van der Waals surface area contributed by atoms with Gasteiger partial charge in [-0.1, -0.05) is 5.16 Å².